The van der Waals surface area contributed by atoms with Crippen molar-refractivity contribution < 1.29 is 19.1 Å². The van der Waals surface area contributed by atoms with Gasteiger partial charge in [0.15, 0.2) is 5.11 Å². The number of anilines is 1. The van der Waals surface area contributed by atoms with Crippen LogP contribution in [0.25, 0.3) is 0 Å². The molecule has 1 aliphatic rings. The van der Waals surface area contributed by atoms with Gasteiger partial charge in [0.25, 0.3) is 11.8 Å². The molecular formula is C24H29N3O4S. The van der Waals surface area contributed by atoms with Gasteiger partial charge >= 0.3 is 0 Å². The van der Waals surface area contributed by atoms with Crippen molar-refractivity contribution >= 4 is 34.8 Å². The number of nitrogens with one attached hydrogen (secondary N) is 2. The third kappa shape index (κ3) is 7.03. The van der Waals surface area contributed by atoms with E-state index in [1.807, 2.05) is 0 Å². The van der Waals surface area contributed by atoms with E-state index in [-0.39, 0.29) is 16.9 Å². The van der Waals surface area contributed by atoms with Crippen molar-refractivity contribution in [2.75, 3.05) is 38.2 Å². The number of hydrogen-bond acceptors (Lipinski definition) is 5. The van der Waals surface area contributed by atoms with Gasteiger partial charge in [-0.3, -0.25) is 14.9 Å². The van der Waals surface area contributed by atoms with Crippen molar-refractivity contribution in [3.05, 3.63) is 59.7 Å². The second-order valence-electron chi connectivity index (χ2n) is 7.95. The number of amides is 2. The molecular weight excluding hydrogens is 426 g/mol. The molecule has 0 bridgehead atoms. The van der Waals surface area contributed by atoms with Crippen LogP contribution in [0.4, 0.5) is 5.69 Å². The Morgan fingerprint density at radius 1 is 1.03 bits per heavy atom. The Bertz CT molecular complexity index is 923. The van der Waals surface area contributed by atoms with E-state index in [1.54, 1.807) is 53.4 Å². The molecule has 0 saturated carbocycles. The van der Waals surface area contributed by atoms with E-state index in [9.17, 15) is 9.59 Å². The fraction of sp³-hybridized carbons (Fsp3) is 0.375. The van der Waals surface area contributed by atoms with Crippen molar-refractivity contribution in [1.82, 2.24) is 10.2 Å². The van der Waals surface area contributed by atoms with Gasteiger partial charge in [0.1, 0.15) is 5.75 Å². The molecule has 0 atom stereocenters. The van der Waals surface area contributed by atoms with Crippen molar-refractivity contribution in [1.29, 1.82) is 0 Å². The summed E-state index contributed by atoms with van der Waals surface area (Å²) in [4.78, 5) is 26.7. The Morgan fingerprint density at radius 2 is 1.66 bits per heavy atom. The van der Waals surface area contributed by atoms with Crippen molar-refractivity contribution in [3.63, 3.8) is 0 Å². The lowest BCUT2D eigenvalue weighted by atomic mass is 10.1. The van der Waals surface area contributed by atoms with E-state index in [1.165, 1.54) is 0 Å². The molecule has 1 fully saturated rings. The van der Waals surface area contributed by atoms with Crippen molar-refractivity contribution in [2.24, 2.45) is 5.92 Å². The molecule has 0 spiro atoms. The van der Waals surface area contributed by atoms with E-state index in [0.29, 0.717) is 55.6 Å². The number of morpholine rings is 1. The van der Waals surface area contributed by atoms with Crippen LogP contribution in [0.3, 0.4) is 0 Å². The summed E-state index contributed by atoms with van der Waals surface area (Å²) in [5.74, 6) is 0.979. The molecule has 170 valence electrons. The van der Waals surface area contributed by atoms with Gasteiger partial charge in [-0.1, -0.05) is 13.8 Å². The zero-order valence-corrected chi connectivity index (χ0v) is 19.2. The van der Waals surface area contributed by atoms with Gasteiger partial charge < -0.3 is 19.7 Å². The maximum atomic E-state index is 12.5. The van der Waals surface area contributed by atoms with Gasteiger partial charge in [-0.2, -0.15) is 0 Å². The number of hydrogen-bond donors (Lipinski definition) is 2. The highest BCUT2D eigenvalue weighted by Crippen LogP contribution is 2.15. The van der Waals surface area contributed by atoms with Crippen LogP contribution in [-0.2, 0) is 4.74 Å². The predicted octanol–water partition coefficient (Wildman–Crippen LogP) is 3.71. The zero-order valence-electron chi connectivity index (χ0n) is 18.4. The lowest BCUT2D eigenvalue weighted by molar-refractivity contribution is 0.0303. The maximum absolute atomic E-state index is 12.5. The molecule has 32 heavy (non-hydrogen) atoms. The second-order valence-corrected chi connectivity index (χ2v) is 8.35. The second kappa shape index (κ2) is 11.6. The first-order valence-corrected chi connectivity index (χ1v) is 11.2. The summed E-state index contributed by atoms with van der Waals surface area (Å²) in [5, 5.41) is 5.81. The SMILES string of the molecule is CC(C)CCOc1ccc(C(=O)NC(=S)Nc2ccc(C(=O)N3CCOCC3)cc2)cc1. The van der Waals surface area contributed by atoms with E-state index >= 15 is 0 Å². The number of carbonyl (C=O) groups excluding carboxylic acids is 2. The lowest BCUT2D eigenvalue weighted by Crippen LogP contribution is -2.40. The van der Waals surface area contributed by atoms with Crippen LogP contribution in [0.5, 0.6) is 5.75 Å². The average Bonchev–Trinajstić information content (AvgIpc) is 2.80. The van der Waals surface area contributed by atoms with Crippen LogP contribution in [0.15, 0.2) is 48.5 Å². The molecule has 2 aromatic rings. The van der Waals surface area contributed by atoms with Crippen LogP contribution >= 0.6 is 12.2 Å². The highest BCUT2D eigenvalue weighted by molar-refractivity contribution is 7.80. The molecule has 0 aliphatic carbocycles. The summed E-state index contributed by atoms with van der Waals surface area (Å²) in [6.45, 7) is 7.26. The first kappa shape index (κ1) is 23.7. The van der Waals surface area contributed by atoms with Gasteiger partial charge in [-0.05, 0) is 73.1 Å². The molecule has 0 aromatic heterocycles. The molecule has 2 N–H and O–H groups in total. The monoisotopic (exact) mass is 455 g/mol. The van der Waals surface area contributed by atoms with Gasteiger partial charge in [0.05, 0.1) is 19.8 Å². The molecule has 8 heteroatoms. The number of benzene rings is 2. The van der Waals surface area contributed by atoms with E-state index < -0.39 is 0 Å². The zero-order chi connectivity index (χ0) is 22.9. The Hall–Kier alpha value is -2.97. The third-order valence-corrected chi connectivity index (χ3v) is 5.20. The normalized spacial score (nSPS) is 13.5. The van der Waals surface area contributed by atoms with Gasteiger partial charge in [0, 0.05) is 29.9 Å². The standard InChI is InChI=1S/C24H29N3O4S/c1-17(2)11-14-31-21-9-5-18(6-10-21)22(28)26-24(32)25-20-7-3-19(4-8-20)23(29)27-12-15-30-16-13-27/h3-10,17H,11-16H2,1-2H3,(H2,25,26,28,32). The van der Waals surface area contributed by atoms with Crippen LogP contribution in [0.1, 0.15) is 41.0 Å². The highest BCUT2D eigenvalue weighted by Gasteiger charge is 2.18. The summed E-state index contributed by atoms with van der Waals surface area (Å²) >= 11 is 5.25. The summed E-state index contributed by atoms with van der Waals surface area (Å²) in [6, 6.07) is 13.9. The lowest BCUT2D eigenvalue weighted by Gasteiger charge is -2.26. The minimum Gasteiger partial charge on any atom is -0.494 e. The molecule has 1 aliphatic heterocycles. The number of rotatable bonds is 7. The maximum Gasteiger partial charge on any atom is 0.257 e. The van der Waals surface area contributed by atoms with Gasteiger partial charge in [-0.15, -0.1) is 0 Å². The van der Waals surface area contributed by atoms with Crippen LogP contribution in [-0.4, -0.2) is 54.7 Å². The molecule has 0 unspecified atom stereocenters. The summed E-state index contributed by atoms with van der Waals surface area (Å²) in [5.41, 5.74) is 1.77. The predicted molar refractivity (Wildman–Crippen MR) is 128 cm³/mol. The van der Waals surface area contributed by atoms with E-state index in [0.717, 1.165) is 12.2 Å². The minimum atomic E-state index is -0.310. The summed E-state index contributed by atoms with van der Waals surface area (Å²) in [6.07, 6.45) is 0.977. The Labute approximate surface area is 194 Å². The van der Waals surface area contributed by atoms with Crippen molar-refractivity contribution in [3.8, 4) is 5.75 Å². The molecule has 7 nitrogen and oxygen atoms in total. The molecule has 1 heterocycles. The van der Waals surface area contributed by atoms with E-state index in [2.05, 4.69) is 24.5 Å². The third-order valence-electron chi connectivity index (χ3n) is 5.00. The molecule has 2 aromatic carbocycles. The minimum absolute atomic E-state index is 0.0210. The number of thiocarbonyl (C=S) groups is 1. The van der Waals surface area contributed by atoms with Crippen LogP contribution < -0.4 is 15.4 Å². The Morgan fingerprint density at radius 3 is 2.28 bits per heavy atom. The largest absolute Gasteiger partial charge is 0.494 e. The Kier molecular flexibility index (Phi) is 8.58. The molecule has 1 saturated heterocycles. The first-order valence-electron chi connectivity index (χ1n) is 10.7. The quantitative estimate of drug-likeness (QED) is 0.620. The van der Waals surface area contributed by atoms with Gasteiger partial charge in [0.2, 0.25) is 0 Å². The van der Waals surface area contributed by atoms with Gasteiger partial charge in [-0.25, -0.2) is 0 Å². The molecule has 3 rings (SSSR count). The Balaban J connectivity index is 1.48. The molecule has 0 radical (unpaired) electrons. The van der Waals surface area contributed by atoms with Crippen LogP contribution in [0, 0.1) is 5.92 Å². The van der Waals surface area contributed by atoms with Crippen molar-refractivity contribution in [2.45, 2.75) is 20.3 Å². The fourth-order valence-electron chi connectivity index (χ4n) is 3.10. The smallest absolute Gasteiger partial charge is 0.257 e. The average molecular weight is 456 g/mol. The van der Waals surface area contributed by atoms with E-state index in [4.69, 9.17) is 21.7 Å². The molecule has 2 amide bonds. The topological polar surface area (TPSA) is 79.9 Å². The summed E-state index contributed by atoms with van der Waals surface area (Å²) in [7, 11) is 0. The number of ether oxygens (including phenoxy) is 2. The van der Waals surface area contributed by atoms with Crippen LogP contribution in [0.2, 0.25) is 0 Å². The summed E-state index contributed by atoms with van der Waals surface area (Å²) < 4.78 is 11.0. The highest BCUT2D eigenvalue weighted by atomic mass is 32.1. The number of carbonyl (C=O) groups is 2. The number of nitrogens with zero attached hydrogens (tertiary/aromatic N) is 1. The fourth-order valence-corrected chi connectivity index (χ4v) is 3.31. The first-order chi connectivity index (χ1) is 15.4.